The van der Waals surface area contributed by atoms with E-state index in [1.165, 1.54) is 11.2 Å². The van der Waals surface area contributed by atoms with Gasteiger partial charge in [-0.1, -0.05) is 0 Å². The Morgan fingerprint density at radius 3 is 3.00 bits per heavy atom. The van der Waals surface area contributed by atoms with Gasteiger partial charge >= 0.3 is 12.0 Å². The molecule has 0 radical (unpaired) electrons. The zero-order valence-corrected chi connectivity index (χ0v) is 12.6. The SMILES string of the molecule is CC(CS(C)=O)NC(=O)N1Cc2[nH]cnc2CC1C(=O)O. The second-order valence-corrected chi connectivity index (χ2v) is 6.58. The number of carboxylic acid groups (broad SMARTS) is 1. The van der Waals surface area contributed by atoms with Gasteiger partial charge in [0.2, 0.25) is 0 Å². The molecule has 116 valence electrons. The van der Waals surface area contributed by atoms with Gasteiger partial charge in [-0.05, 0) is 6.92 Å². The summed E-state index contributed by atoms with van der Waals surface area (Å²) in [7, 11) is -1.03. The second-order valence-electron chi connectivity index (χ2n) is 5.10. The Kier molecular flexibility index (Phi) is 4.61. The first-order valence-electron chi connectivity index (χ1n) is 6.49. The summed E-state index contributed by atoms with van der Waals surface area (Å²) in [6, 6.07) is -1.71. The molecule has 0 aromatic carbocycles. The van der Waals surface area contributed by atoms with Crippen molar-refractivity contribution < 1.29 is 18.9 Å². The van der Waals surface area contributed by atoms with Crippen LogP contribution >= 0.6 is 0 Å². The number of fused-ring (bicyclic) bond motifs is 1. The van der Waals surface area contributed by atoms with Crippen molar-refractivity contribution in [3.63, 3.8) is 0 Å². The number of H-pyrrole nitrogens is 1. The van der Waals surface area contributed by atoms with Crippen LogP contribution in [-0.2, 0) is 28.6 Å². The van der Waals surface area contributed by atoms with Gasteiger partial charge < -0.3 is 20.3 Å². The molecule has 3 N–H and O–H groups in total. The van der Waals surface area contributed by atoms with E-state index in [0.29, 0.717) is 11.4 Å². The van der Waals surface area contributed by atoms with Gasteiger partial charge in [0.05, 0.1) is 24.3 Å². The number of carbonyl (C=O) groups is 2. The first-order valence-corrected chi connectivity index (χ1v) is 8.22. The van der Waals surface area contributed by atoms with Crippen molar-refractivity contribution in [2.75, 3.05) is 12.0 Å². The third kappa shape index (κ3) is 3.60. The monoisotopic (exact) mass is 314 g/mol. The Bertz CT molecular complexity index is 573. The van der Waals surface area contributed by atoms with E-state index >= 15 is 0 Å². The van der Waals surface area contributed by atoms with Gasteiger partial charge in [0.25, 0.3) is 0 Å². The van der Waals surface area contributed by atoms with Crippen LogP contribution in [0.25, 0.3) is 0 Å². The number of nitrogens with zero attached hydrogens (tertiary/aromatic N) is 2. The molecule has 21 heavy (non-hydrogen) atoms. The summed E-state index contributed by atoms with van der Waals surface area (Å²) in [4.78, 5) is 31.9. The van der Waals surface area contributed by atoms with Gasteiger partial charge in [-0.3, -0.25) is 4.21 Å². The molecule has 0 aliphatic carbocycles. The minimum absolute atomic E-state index is 0.167. The summed E-state index contributed by atoms with van der Waals surface area (Å²) in [6.45, 7) is 1.90. The molecule has 8 nitrogen and oxygen atoms in total. The predicted octanol–water partition coefficient (Wildman–Crippen LogP) is -0.302. The molecule has 3 atom stereocenters. The lowest BCUT2D eigenvalue weighted by Gasteiger charge is -2.33. The molecular weight excluding hydrogens is 296 g/mol. The first-order chi connectivity index (χ1) is 9.88. The Morgan fingerprint density at radius 1 is 1.67 bits per heavy atom. The fraction of sp³-hybridized carbons (Fsp3) is 0.583. The normalized spacial score (nSPS) is 20.5. The van der Waals surface area contributed by atoms with E-state index in [0.717, 1.165) is 5.69 Å². The smallest absolute Gasteiger partial charge is 0.326 e. The summed E-state index contributed by atoms with van der Waals surface area (Å²) in [5.41, 5.74) is 1.42. The highest BCUT2D eigenvalue weighted by Crippen LogP contribution is 2.20. The zero-order valence-electron chi connectivity index (χ0n) is 11.8. The minimum atomic E-state index is -1.06. The fourth-order valence-electron chi connectivity index (χ4n) is 2.36. The highest BCUT2D eigenvalue weighted by atomic mass is 32.2. The first kappa shape index (κ1) is 15.5. The van der Waals surface area contributed by atoms with Crippen molar-refractivity contribution in [3.8, 4) is 0 Å². The lowest BCUT2D eigenvalue weighted by molar-refractivity contribution is -0.142. The number of carboxylic acids is 1. The Balaban J connectivity index is 2.11. The zero-order chi connectivity index (χ0) is 15.6. The van der Waals surface area contributed by atoms with E-state index in [1.807, 2.05) is 0 Å². The quantitative estimate of drug-likeness (QED) is 0.705. The summed E-state index contributed by atoms with van der Waals surface area (Å²) in [5, 5.41) is 12.0. The Morgan fingerprint density at radius 2 is 2.38 bits per heavy atom. The number of urea groups is 1. The number of amides is 2. The van der Waals surface area contributed by atoms with Gasteiger partial charge in [-0.15, -0.1) is 0 Å². The molecule has 0 bridgehead atoms. The van der Waals surface area contributed by atoms with Crippen LogP contribution in [0, 0.1) is 0 Å². The summed E-state index contributed by atoms with van der Waals surface area (Å²) < 4.78 is 11.2. The molecular formula is C12H18N4O4S. The maximum absolute atomic E-state index is 12.3. The number of hydrogen-bond acceptors (Lipinski definition) is 4. The van der Waals surface area contributed by atoms with Crippen LogP contribution in [0.15, 0.2) is 6.33 Å². The molecule has 3 unspecified atom stereocenters. The van der Waals surface area contributed by atoms with Gasteiger partial charge in [-0.2, -0.15) is 0 Å². The molecule has 1 aromatic heterocycles. The van der Waals surface area contributed by atoms with E-state index in [-0.39, 0.29) is 19.0 Å². The van der Waals surface area contributed by atoms with E-state index in [9.17, 15) is 18.9 Å². The van der Waals surface area contributed by atoms with Crippen molar-refractivity contribution in [1.82, 2.24) is 20.2 Å². The molecule has 0 fully saturated rings. The Hall–Kier alpha value is -1.90. The maximum Gasteiger partial charge on any atom is 0.326 e. The molecule has 1 aliphatic heterocycles. The summed E-state index contributed by atoms with van der Waals surface area (Å²) >= 11 is 0. The molecule has 0 saturated heterocycles. The predicted molar refractivity (Wildman–Crippen MR) is 76.2 cm³/mol. The van der Waals surface area contributed by atoms with Gasteiger partial charge in [-0.25, -0.2) is 14.6 Å². The molecule has 9 heteroatoms. The fourth-order valence-corrected chi connectivity index (χ4v) is 3.14. The number of hydrogen-bond donors (Lipinski definition) is 3. The van der Waals surface area contributed by atoms with E-state index in [1.54, 1.807) is 13.2 Å². The van der Waals surface area contributed by atoms with Crippen LogP contribution in [0.4, 0.5) is 4.79 Å². The van der Waals surface area contributed by atoms with E-state index in [2.05, 4.69) is 15.3 Å². The highest BCUT2D eigenvalue weighted by molar-refractivity contribution is 7.84. The number of imidazole rings is 1. The van der Waals surface area contributed by atoms with Crippen LogP contribution in [0.2, 0.25) is 0 Å². The molecule has 1 aliphatic rings. The lowest BCUT2D eigenvalue weighted by Crippen LogP contribution is -2.54. The maximum atomic E-state index is 12.3. The summed E-state index contributed by atoms with van der Waals surface area (Å²) in [5.74, 6) is -0.738. The third-order valence-electron chi connectivity index (χ3n) is 3.30. The number of carbonyl (C=O) groups excluding carboxylic acids is 1. The third-order valence-corrected chi connectivity index (χ3v) is 4.27. The topological polar surface area (TPSA) is 115 Å². The number of rotatable bonds is 4. The largest absolute Gasteiger partial charge is 0.480 e. The van der Waals surface area contributed by atoms with E-state index < -0.39 is 28.8 Å². The van der Waals surface area contributed by atoms with Crippen LogP contribution in [-0.4, -0.2) is 60.3 Å². The molecule has 1 aromatic rings. The number of aromatic amines is 1. The van der Waals surface area contributed by atoms with Crippen LogP contribution in [0.1, 0.15) is 18.3 Å². The molecule has 0 spiro atoms. The highest BCUT2D eigenvalue weighted by Gasteiger charge is 2.36. The molecule has 2 rings (SSSR count). The van der Waals surface area contributed by atoms with Crippen molar-refractivity contribution in [2.45, 2.75) is 32.0 Å². The standard InChI is InChI=1S/C12H18N4O4S/c1-7(5-21(2)20)15-12(19)16-4-9-8(13-6-14-9)3-10(16)11(17)18/h6-7,10H,3-5H2,1-2H3,(H,13,14)(H,15,19)(H,17,18). The molecule has 0 saturated carbocycles. The molecule has 2 amide bonds. The van der Waals surface area contributed by atoms with Crippen molar-refractivity contribution in [1.29, 1.82) is 0 Å². The summed E-state index contributed by atoms with van der Waals surface area (Å²) in [6.07, 6.45) is 3.23. The van der Waals surface area contributed by atoms with Crippen LogP contribution in [0.3, 0.4) is 0 Å². The van der Waals surface area contributed by atoms with Crippen LogP contribution < -0.4 is 5.32 Å². The van der Waals surface area contributed by atoms with Gasteiger partial charge in [0.15, 0.2) is 0 Å². The van der Waals surface area contributed by atoms with Crippen molar-refractivity contribution in [3.05, 3.63) is 17.7 Å². The van der Waals surface area contributed by atoms with Gasteiger partial charge in [0.1, 0.15) is 6.04 Å². The number of nitrogens with one attached hydrogen (secondary N) is 2. The number of aromatic nitrogens is 2. The number of aliphatic carboxylic acids is 1. The van der Waals surface area contributed by atoms with Crippen molar-refractivity contribution in [2.24, 2.45) is 0 Å². The van der Waals surface area contributed by atoms with Crippen LogP contribution in [0.5, 0.6) is 0 Å². The lowest BCUT2D eigenvalue weighted by atomic mass is 10.0. The van der Waals surface area contributed by atoms with E-state index in [4.69, 9.17) is 0 Å². The average molecular weight is 314 g/mol. The Labute approximate surface area is 124 Å². The molecule has 2 heterocycles. The second kappa shape index (κ2) is 6.25. The van der Waals surface area contributed by atoms with Crippen molar-refractivity contribution >= 4 is 22.8 Å². The van der Waals surface area contributed by atoms with Gasteiger partial charge in [0, 0.05) is 35.3 Å². The average Bonchev–Trinajstić information content (AvgIpc) is 2.82. The minimum Gasteiger partial charge on any atom is -0.480 e.